The minimum Gasteiger partial charge on any atom is -0.324 e. The predicted octanol–water partition coefficient (Wildman–Crippen LogP) is 3.26. The van der Waals surface area contributed by atoms with Gasteiger partial charge in [0.05, 0.1) is 10.9 Å². The average molecular weight is 367 g/mol. The molecule has 2 N–H and O–H groups in total. The lowest BCUT2D eigenvalue weighted by molar-refractivity contribution is -0.117. The van der Waals surface area contributed by atoms with Gasteiger partial charge in [0.1, 0.15) is 0 Å². The number of carbonyl (C=O) groups is 1. The number of halogens is 1. The van der Waals surface area contributed by atoms with Gasteiger partial charge in [0.2, 0.25) is 15.9 Å². The maximum atomic E-state index is 12.3. The molecule has 1 amide bonds. The number of benzene rings is 2. The molecule has 0 bridgehead atoms. The molecule has 0 fully saturated rings. The first-order valence-corrected chi connectivity index (χ1v) is 9.22. The van der Waals surface area contributed by atoms with Crippen molar-refractivity contribution >= 4 is 33.2 Å². The van der Waals surface area contributed by atoms with Crippen molar-refractivity contribution in [1.29, 1.82) is 0 Å². The van der Waals surface area contributed by atoms with Crippen LogP contribution in [0.4, 0.5) is 5.69 Å². The van der Waals surface area contributed by atoms with Gasteiger partial charge in [-0.1, -0.05) is 29.8 Å². The summed E-state index contributed by atoms with van der Waals surface area (Å²) in [7, 11) is -3.80. The maximum Gasteiger partial charge on any atom is 0.242 e. The smallest absolute Gasteiger partial charge is 0.242 e. The molecule has 0 saturated carbocycles. The highest BCUT2D eigenvalue weighted by Crippen LogP contribution is 2.20. The summed E-state index contributed by atoms with van der Waals surface area (Å²) in [6.07, 6.45) is 0. The number of aryl methyl sites for hydroxylation is 2. The van der Waals surface area contributed by atoms with E-state index in [1.807, 2.05) is 32.0 Å². The van der Waals surface area contributed by atoms with E-state index in [0.717, 1.165) is 11.1 Å². The lowest BCUT2D eigenvalue weighted by atomic mass is 10.1. The highest BCUT2D eigenvalue weighted by Gasteiger charge is 2.22. The molecule has 1 atom stereocenters. The molecule has 0 spiro atoms. The summed E-state index contributed by atoms with van der Waals surface area (Å²) in [6, 6.07) is 10.5. The second-order valence-electron chi connectivity index (χ2n) is 5.55. The summed E-state index contributed by atoms with van der Waals surface area (Å²) >= 11 is 5.76. The Morgan fingerprint density at radius 3 is 2.12 bits per heavy atom. The fourth-order valence-electron chi connectivity index (χ4n) is 2.21. The minimum absolute atomic E-state index is 0.0543. The topological polar surface area (TPSA) is 75.3 Å². The Morgan fingerprint density at radius 2 is 1.58 bits per heavy atom. The largest absolute Gasteiger partial charge is 0.324 e. The van der Waals surface area contributed by atoms with E-state index in [-0.39, 0.29) is 4.90 Å². The van der Waals surface area contributed by atoms with E-state index in [4.69, 9.17) is 11.6 Å². The first-order valence-electron chi connectivity index (χ1n) is 7.35. The first kappa shape index (κ1) is 18.4. The van der Waals surface area contributed by atoms with Crippen molar-refractivity contribution in [2.24, 2.45) is 0 Å². The molecule has 0 unspecified atom stereocenters. The van der Waals surface area contributed by atoms with Crippen molar-refractivity contribution < 1.29 is 13.2 Å². The fraction of sp³-hybridized carbons (Fsp3) is 0.235. The molecule has 0 aromatic heterocycles. The molecule has 0 radical (unpaired) electrons. The van der Waals surface area contributed by atoms with Crippen LogP contribution in [0.25, 0.3) is 0 Å². The molecule has 0 aliphatic carbocycles. The summed E-state index contributed by atoms with van der Waals surface area (Å²) < 4.78 is 27.0. The van der Waals surface area contributed by atoms with E-state index < -0.39 is 22.0 Å². The Bertz CT molecular complexity index is 828. The van der Waals surface area contributed by atoms with Crippen LogP contribution in [0.2, 0.25) is 5.02 Å². The van der Waals surface area contributed by atoms with E-state index in [0.29, 0.717) is 10.7 Å². The van der Waals surface area contributed by atoms with Crippen LogP contribution in [-0.2, 0) is 14.8 Å². The Hall–Kier alpha value is -1.89. The van der Waals surface area contributed by atoms with Crippen molar-refractivity contribution in [2.75, 3.05) is 5.32 Å². The number of hydrogen-bond donors (Lipinski definition) is 2. The Balaban J connectivity index is 2.12. The molecule has 128 valence electrons. The molecule has 2 aromatic rings. The Morgan fingerprint density at radius 1 is 1.04 bits per heavy atom. The predicted molar refractivity (Wildman–Crippen MR) is 95.8 cm³/mol. The Labute approximate surface area is 147 Å². The molecule has 0 aliphatic rings. The van der Waals surface area contributed by atoms with Gasteiger partial charge < -0.3 is 5.32 Å². The van der Waals surface area contributed by atoms with Gasteiger partial charge in [0.25, 0.3) is 0 Å². The van der Waals surface area contributed by atoms with Crippen LogP contribution in [0.5, 0.6) is 0 Å². The molecule has 24 heavy (non-hydrogen) atoms. The van der Waals surface area contributed by atoms with Gasteiger partial charge in [-0.3, -0.25) is 4.79 Å². The fourth-order valence-corrected chi connectivity index (χ4v) is 3.54. The second-order valence-corrected chi connectivity index (χ2v) is 7.70. The molecular formula is C17H19ClN2O3S. The van der Waals surface area contributed by atoms with Crippen LogP contribution in [0, 0.1) is 13.8 Å². The molecule has 7 heteroatoms. The van der Waals surface area contributed by atoms with Gasteiger partial charge in [-0.15, -0.1) is 0 Å². The molecule has 5 nitrogen and oxygen atoms in total. The number of para-hydroxylation sites is 1. The Kier molecular flexibility index (Phi) is 5.64. The van der Waals surface area contributed by atoms with Crippen LogP contribution in [0.1, 0.15) is 18.1 Å². The molecule has 0 saturated heterocycles. The van der Waals surface area contributed by atoms with Crippen LogP contribution in [0.15, 0.2) is 47.4 Å². The summed E-state index contributed by atoms with van der Waals surface area (Å²) in [6.45, 7) is 5.26. The summed E-state index contributed by atoms with van der Waals surface area (Å²) in [4.78, 5) is 12.4. The molecule has 2 aromatic carbocycles. The van der Waals surface area contributed by atoms with E-state index in [1.165, 1.54) is 31.2 Å². The third kappa shape index (κ3) is 4.35. The molecular weight excluding hydrogens is 348 g/mol. The maximum absolute atomic E-state index is 12.3. The number of sulfonamides is 1. The second kappa shape index (κ2) is 7.34. The third-order valence-corrected chi connectivity index (χ3v) is 5.39. The monoisotopic (exact) mass is 366 g/mol. The summed E-state index contributed by atoms with van der Waals surface area (Å²) in [5.74, 6) is -0.426. The lowest BCUT2D eigenvalue weighted by Crippen LogP contribution is -2.41. The first-order chi connectivity index (χ1) is 11.2. The van der Waals surface area contributed by atoms with Gasteiger partial charge in [0.15, 0.2) is 0 Å². The van der Waals surface area contributed by atoms with Crippen molar-refractivity contribution in [1.82, 2.24) is 4.72 Å². The van der Waals surface area contributed by atoms with Crippen LogP contribution < -0.4 is 10.0 Å². The van der Waals surface area contributed by atoms with Crippen LogP contribution >= 0.6 is 11.6 Å². The number of hydrogen-bond acceptors (Lipinski definition) is 3. The van der Waals surface area contributed by atoms with E-state index in [1.54, 1.807) is 0 Å². The van der Waals surface area contributed by atoms with Gasteiger partial charge in [-0.25, -0.2) is 8.42 Å². The van der Waals surface area contributed by atoms with E-state index in [9.17, 15) is 13.2 Å². The number of anilines is 1. The minimum atomic E-state index is -3.80. The van der Waals surface area contributed by atoms with Crippen LogP contribution in [0.3, 0.4) is 0 Å². The molecule has 0 aliphatic heterocycles. The highest BCUT2D eigenvalue weighted by molar-refractivity contribution is 7.89. The average Bonchev–Trinajstić information content (AvgIpc) is 2.51. The molecule has 2 rings (SSSR count). The zero-order chi connectivity index (χ0) is 17.9. The van der Waals surface area contributed by atoms with Crippen molar-refractivity contribution in [2.45, 2.75) is 31.7 Å². The summed E-state index contributed by atoms with van der Waals surface area (Å²) in [5.41, 5.74) is 2.52. The highest BCUT2D eigenvalue weighted by atomic mass is 35.5. The van der Waals surface area contributed by atoms with Crippen molar-refractivity contribution in [3.63, 3.8) is 0 Å². The standard InChI is InChI=1S/C17H19ClN2O3S/c1-11-5-4-6-12(2)16(11)19-17(21)13(3)20-24(22,23)15-9-7-14(18)8-10-15/h4-10,13,20H,1-3H3,(H,19,21)/t13-/m0/s1. The summed E-state index contributed by atoms with van der Waals surface area (Å²) in [5, 5.41) is 3.21. The number of rotatable bonds is 5. The lowest BCUT2D eigenvalue weighted by Gasteiger charge is -2.17. The normalized spacial score (nSPS) is 12.7. The van der Waals surface area contributed by atoms with Crippen molar-refractivity contribution in [3.8, 4) is 0 Å². The quantitative estimate of drug-likeness (QED) is 0.852. The molecule has 0 heterocycles. The van der Waals surface area contributed by atoms with E-state index in [2.05, 4.69) is 10.0 Å². The van der Waals surface area contributed by atoms with Crippen molar-refractivity contribution in [3.05, 3.63) is 58.6 Å². The zero-order valence-electron chi connectivity index (χ0n) is 13.6. The van der Waals surface area contributed by atoms with Gasteiger partial charge in [-0.05, 0) is 56.2 Å². The van der Waals surface area contributed by atoms with Gasteiger partial charge in [0, 0.05) is 10.7 Å². The van der Waals surface area contributed by atoms with Gasteiger partial charge >= 0.3 is 0 Å². The van der Waals surface area contributed by atoms with Crippen LogP contribution in [-0.4, -0.2) is 20.4 Å². The number of amides is 1. The number of carbonyl (C=O) groups excluding carboxylic acids is 1. The zero-order valence-corrected chi connectivity index (χ0v) is 15.2. The van der Waals surface area contributed by atoms with Gasteiger partial charge in [-0.2, -0.15) is 4.72 Å². The third-order valence-electron chi connectivity index (χ3n) is 3.58. The number of nitrogens with one attached hydrogen (secondary N) is 2. The van der Waals surface area contributed by atoms with E-state index >= 15 is 0 Å². The SMILES string of the molecule is Cc1cccc(C)c1NC(=O)[C@H](C)NS(=O)(=O)c1ccc(Cl)cc1.